The van der Waals surface area contributed by atoms with E-state index in [2.05, 4.69) is 10.2 Å². The number of nitrogens with one attached hydrogen (secondary N) is 1. The summed E-state index contributed by atoms with van der Waals surface area (Å²) < 4.78 is 5.45. The van der Waals surface area contributed by atoms with E-state index >= 15 is 0 Å². The van der Waals surface area contributed by atoms with Gasteiger partial charge in [0.25, 0.3) is 0 Å². The first-order valence-electron chi connectivity index (χ1n) is 7.47. The number of thiophene rings is 1. The van der Waals surface area contributed by atoms with E-state index in [1.807, 2.05) is 26.8 Å². The Labute approximate surface area is 138 Å². The number of aromatic nitrogens is 2. The molecule has 122 valence electrons. The van der Waals surface area contributed by atoms with E-state index in [4.69, 9.17) is 4.74 Å². The molecule has 3 heterocycles. The maximum Gasteiger partial charge on any atom is 0.410 e. The van der Waals surface area contributed by atoms with Crippen LogP contribution in [-0.2, 0) is 17.7 Å². The van der Waals surface area contributed by atoms with Crippen molar-refractivity contribution in [1.29, 1.82) is 0 Å². The Morgan fingerprint density at radius 3 is 2.87 bits per heavy atom. The van der Waals surface area contributed by atoms with Gasteiger partial charge < -0.3 is 9.64 Å². The standard InChI is InChI=1S/C16H19N3O3S/c1-16(2,3)22-15(21)19-7-6-12-11(8-19)14(18-17-12)13-5-4-10(9-20)23-13/h4-5,9H,6-8H2,1-3H3,(H,17,18). The minimum Gasteiger partial charge on any atom is -0.444 e. The lowest BCUT2D eigenvalue weighted by molar-refractivity contribution is 0.0224. The minimum atomic E-state index is -0.511. The molecule has 2 aromatic rings. The van der Waals surface area contributed by atoms with Crippen LogP contribution in [0.2, 0.25) is 0 Å². The van der Waals surface area contributed by atoms with Gasteiger partial charge in [-0.15, -0.1) is 11.3 Å². The van der Waals surface area contributed by atoms with Crippen LogP contribution in [0.1, 0.15) is 41.7 Å². The summed E-state index contributed by atoms with van der Waals surface area (Å²) in [5.41, 5.74) is 2.34. The van der Waals surface area contributed by atoms with Crippen LogP contribution in [0.4, 0.5) is 4.79 Å². The van der Waals surface area contributed by atoms with E-state index in [-0.39, 0.29) is 6.09 Å². The Balaban J connectivity index is 1.84. The molecule has 7 heteroatoms. The summed E-state index contributed by atoms with van der Waals surface area (Å²) in [6.07, 6.45) is 1.24. The van der Waals surface area contributed by atoms with Crippen molar-refractivity contribution in [3.8, 4) is 10.6 Å². The molecule has 0 unspecified atom stereocenters. The van der Waals surface area contributed by atoms with Crippen molar-refractivity contribution in [3.63, 3.8) is 0 Å². The number of aldehydes is 1. The molecule has 3 rings (SSSR count). The van der Waals surface area contributed by atoms with Crippen molar-refractivity contribution < 1.29 is 14.3 Å². The Bertz CT molecular complexity index is 742. The van der Waals surface area contributed by atoms with Crippen molar-refractivity contribution in [3.05, 3.63) is 28.3 Å². The smallest absolute Gasteiger partial charge is 0.410 e. The summed E-state index contributed by atoms with van der Waals surface area (Å²) in [4.78, 5) is 26.4. The first-order chi connectivity index (χ1) is 10.9. The van der Waals surface area contributed by atoms with Crippen LogP contribution >= 0.6 is 11.3 Å². The highest BCUT2D eigenvalue weighted by Gasteiger charge is 2.29. The minimum absolute atomic E-state index is 0.310. The molecular formula is C16H19N3O3S. The molecule has 0 aliphatic carbocycles. The highest BCUT2D eigenvalue weighted by atomic mass is 32.1. The largest absolute Gasteiger partial charge is 0.444 e. The lowest BCUT2D eigenvalue weighted by Gasteiger charge is -2.30. The molecular weight excluding hydrogens is 314 g/mol. The molecule has 6 nitrogen and oxygen atoms in total. The monoisotopic (exact) mass is 333 g/mol. The van der Waals surface area contributed by atoms with E-state index in [0.29, 0.717) is 24.4 Å². The molecule has 23 heavy (non-hydrogen) atoms. The van der Waals surface area contributed by atoms with Crippen LogP contribution in [0.25, 0.3) is 10.6 Å². The van der Waals surface area contributed by atoms with Gasteiger partial charge in [-0.1, -0.05) is 0 Å². The Kier molecular flexibility index (Phi) is 3.97. The zero-order chi connectivity index (χ0) is 16.6. The van der Waals surface area contributed by atoms with Crippen LogP contribution in [0.3, 0.4) is 0 Å². The molecule has 0 spiro atoms. The Morgan fingerprint density at radius 2 is 2.22 bits per heavy atom. The number of ether oxygens (including phenoxy) is 1. The zero-order valence-corrected chi connectivity index (χ0v) is 14.2. The summed E-state index contributed by atoms with van der Waals surface area (Å²) in [5.74, 6) is 0. The molecule has 0 saturated heterocycles. The van der Waals surface area contributed by atoms with E-state index in [1.54, 1.807) is 11.0 Å². The summed E-state index contributed by atoms with van der Waals surface area (Å²) in [6.45, 7) is 6.64. The maximum atomic E-state index is 12.3. The number of H-pyrrole nitrogens is 1. The molecule has 2 aromatic heterocycles. The molecule has 1 aliphatic heterocycles. The number of carbonyl (C=O) groups is 2. The number of fused-ring (bicyclic) bond motifs is 1. The molecule has 0 saturated carbocycles. The number of rotatable bonds is 2. The van der Waals surface area contributed by atoms with Crippen LogP contribution in [0.15, 0.2) is 12.1 Å². The second kappa shape index (κ2) is 5.81. The van der Waals surface area contributed by atoms with Crippen LogP contribution in [0, 0.1) is 0 Å². The van der Waals surface area contributed by atoms with Gasteiger partial charge in [0.1, 0.15) is 11.3 Å². The fourth-order valence-corrected chi connectivity index (χ4v) is 3.36. The highest BCUT2D eigenvalue weighted by Crippen LogP contribution is 2.33. The van der Waals surface area contributed by atoms with Crippen molar-refractivity contribution in [2.75, 3.05) is 6.54 Å². The number of amides is 1. The molecule has 0 fully saturated rings. The molecule has 0 radical (unpaired) electrons. The van der Waals surface area contributed by atoms with Gasteiger partial charge in [0.2, 0.25) is 0 Å². The van der Waals surface area contributed by atoms with Gasteiger partial charge in [0.05, 0.1) is 16.3 Å². The average molecular weight is 333 g/mol. The first-order valence-corrected chi connectivity index (χ1v) is 8.28. The fraction of sp³-hybridized carbons (Fsp3) is 0.438. The second-order valence-electron chi connectivity index (χ2n) is 6.50. The van der Waals surface area contributed by atoms with Crippen LogP contribution in [-0.4, -0.2) is 39.6 Å². The van der Waals surface area contributed by atoms with Gasteiger partial charge in [-0.25, -0.2) is 4.79 Å². The fourth-order valence-electron chi connectivity index (χ4n) is 2.52. The summed E-state index contributed by atoms with van der Waals surface area (Å²) >= 11 is 1.40. The quantitative estimate of drug-likeness (QED) is 0.856. The van der Waals surface area contributed by atoms with Gasteiger partial charge >= 0.3 is 6.09 Å². The molecule has 1 aliphatic rings. The summed E-state index contributed by atoms with van der Waals surface area (Å²) in [6, 6.07) is 3.67. The van der Waals surface area contributed by atoms with Gasteiger partial charge in [-0.3, -0.25) is 9.89 Å². The molecule has 0 atom stereocenters. The zero-order valence-electron chi connectivity index (χ0n) is 13.4. The third-order valence-electron chi connectivity index (χ3n) is 3.56. The highest BCUT2D eigenvalue weighted by molar-refractivity contribution is 7.17. The van der Waals surface area contributed by atoms with Gasteiger partial charge in [-0.05, 0) is 32.9 Å². The van der Waals surface area contributed by atoms with Crippen molar-refractivity contribution in [2.24, 2.45) is 0 Å². The molecule has 0 aromatic carbocycles. The lowest BCUT2D eigenvalue weighted by atomic mass is 10.1. The van der Waals surface area contributed by atoms with Crippen molar-refractivity contribution >= 4 is 23.7 Å². The van der Waals surface area contributed by atoms with Gasteiger partial charge in [-0.2, -0.15) is 5.10 Å². The predicted molar refractivity (Wildman–Crippen MR) is 87.6 cm³/mol. The topological polar surface area (TPSA) is 75.3 Å². The molecule has 1 amide bonds. The van der Waals surface area contributed by atoms with Crippen LogP contribution in [0.5, 0.6) is 0 Å². The van der Waals surface area contributed by atoms with E-state index < -0.39 is 5.60 Å². The Morgan fingerprint density at radius 1 is 1.43 bits per heavy atom. The van der Waals surface area contributed by atoms with E-state index in [1.165, 1.54) is 11.3 Å². The third kappa shape index (κ3) is 3.29. The lowest BCUT2D eigenvalue weighted by Crippen LogP contribution is -2.39. The summed E-state index contributed by atoms with van der Waals surface area (Å²) in [5, 5.41) is 7.42. The summed E-state index contributed by atoms with van der Waals surface area (Å²) in [7, 11) is 0. The van der Waals surface area contributed by atoms with Crippen LogP contribution < -0.4 is 0 Å². The average Bonchev–Trinajstić information content (AvgIpc) is 3.10. The predicted octanol–water partition coefficient (Wildman–Crippen LogP) is 3.24. The second-order valence-corrected chi connectivity index (χ2v) is 7.62. The number of hydrogen-bond acceptors (Lipinski definition) is 5. The number of nitrogens with zero attached hydrogens (tertiary/aromatic N) is 2. The van der Waals surface area contributed by atoms with Gasteiger partial charge in [0.15, 0.2) is 6.29 Å². The third-order valence-corrected chi connectivity index (χ3v) is 4.58. The number of hydrogen-bond donors (Lipinski definition) is 1. The maximum absolute atomic E-state index is 12.3. The van der Waals surface area contributed by atoms with Crippen molar-refractivity contribution in [2.45, 2.75) is 39.3 Å². The van der Waals surface area contributed by atoms with E-state index in [9.17, 15) is 9.59 Å². The number of aromatic amines is 1. The normalized spacial score (nSPS) is 14.5. The van der Waals surface area contributed by atoms with Crippen molar-refractivity contribution in [1.82, 2.24) is 15.1 Å². The SMILES string of the molecule is CC(C)(C)OC(=O)N1CCc2[nH]nc(-c3ccc(C=O)s3)c2C1. The first kappa shape index (κ1) is 15.7. The molecule has 0 bridgehead atoms. The number of carbonyl (C=O) groups excluding carboxylic acids is 2. The van der Waals surface area contributed by atoms with E-state index in [0.717, 1.165) is 28.1 Å². The molecule has 1 N–H and O–H groups in total. The van der Waals surface area contributed by atoms with Gasteiger partial charge in [0, 0.05) is 24.2 Å². The Hall–Kier alpha value is -2.15.